The predicted molar refractivity (Wildman–Crippen MR) is 159 cm³/mol. The van der Waals surface area contributed by atoms with Crippen LogP contribution in [0.3, 0.4) is 0 Å². The van der Waals surface area contributed by atoms with Crippen LogP contribution in [0.4, 0.5) is 10.1 Å². The van der Waals surface area contributed by atoms with Gasteiger partial charge in [-0.15, -0.1) is 10.2 Å². The highest BCUT2D eigenvalue weighted by atomic mass is 79.9. The van der Waals surface area contributed by atoms with Crippen molar-refractivity contribution in [1.29, 1.82) is 0 Å². The zero-order valence-corrected chi connectivity index (χ0v) is 24.9. The molecular weight excluding hydrogens is 624 g/mol. The van der Waals surface area contributed by atoms with Crippen LogP contribution in [-0.2, 0) is 5.41 Å². The number of anilines is 1. The first-order chi connectivity index (χ1) is 18.5. The molecule has 0 fully saturated rings. The second-order valence-corrected chi connectivity index (χ2v) is 12.4. The Hall–Kier alpha value is -3.11. The number of hydrogen-bond acceptors (Lipinski definition) is 5. The normalized spacial score (nSPS) is 11.6. The van der Waals surface area contributed by atoms with Gasteiger partial charge in [-0.05, 0) is 42.5 Å². The lowest BCUT2D eigenvalue weighted by Gasteiger charge is -2.12. The smallest absolute Gasteiger partial charge is 0.260 e. The van der Waals surface area contributed by atoms with Crippen molar-refractivity contribution in [3.05, 3.63) is 97.6 Å². The molecule has 0 saturated carbocycles. The van der Waals surface area contributed by atoms with E-state index in [0.717, 1.165) is 9.48 Å². The molecule has 0 saturated heterocycles. The van der Waals surface area contributed by atoms with Gasteiger partial charge in [0.25, 0.3) is 5.91 Å². The number of carbonyl (C=O) groups excluding carboxylic acids is 1. The van der Waals surface area contributed by atoms with Crippen LogP contribution >= 0.6 is 50.5 Å². The molecule has 6 nitrogen and oxygen atoms in total. The minimum absolute atomic E-state index is 0.0418. The van der Waals surface area contributed by atoms with Crippen LogP contribution in [0.2, 0.25) is 10.0 Å². The summed E-state index contributed by atoms with van der Waals surface area (Å²) >= 11 is 17.6. The van der Waals surface area contributed by atoms with E-state index >= 15 is 0 Å². The van der Waals surface area contributed by atoms with Gasteiger partial charge in [-0.3, -0.25) is 4.79 Å². The fraction of sp³-hybridized carbons (Fsp3) is 0.143. The van der Waals surface area contributed by atoms with Crippen molar-refractivity contribution in [3.63, 3.8) is 0 Å². The Morgan fingerprint density at radius 3 is 2.38 bits per heavy atom. The summed E-state index contributed by atoms with van der Waals surface area (Å²) in [5.41, 5.74) is 1.90. The summed E-state index contributed by atoms with van der Waals surface area (Å²) in [6.07, 6.45) is 0. The van der Waals surface area contributed by atoms with E-state index in [2.05, 4.69) is 31.4 Å². The average molecular weight is 645 g/mol. The number of nitrogens with one attached hydrogen (secondary N) is 1. The number of rotatable bonds is 5. The summed E-state index contributed by atoms with van der Waals surface area (Å²) in [5, 5.41) is 18.3. The summed E-state index contributed by atoms with van der Waals surface area (Å²) in [6, 6.07) is 18.4. The average Bonchev–Trinajstić information content (AvgIpc) is 3.52. The third-order valence-corrected chi connectivity index (χ3v) is 8.18. The minimum atomic E-state index is -0.559. The summed E-state index contributed by atoms with van der Waals surface area (Å²) < 4.78 is 17.0. The monoisotopic (exact) mass is 643 g/mol. The molecule has 3 aromatic carbocycles. The number of halogens is 4. The number of nitrogens with zero attached hydrogens (tertiary/aromatic N) is 4. The lowest BCUT2D eigenvalue weighted by molar-refractivity contribution is 0.102. The Labute approximate surface area is 246 Å². The van der Waals surface area contributed by atoms with E-state index in [4.69, 9.17) is 28.3 Å². The van der Waals surface area contributed by atoms with Gasteiger partial charge >= 0.3 is 0 Å². The molecule has 1 N–H and O–H groups in total. The van der Waals surface area contributed by atoms with Gasteiger partial charge in [-0.2, -0.15) is 5.10 Å². The molecule has 0 bridgehead atoms. The number of aromatic nitrogens is 4. The number of para-hydroxylation sites is 1. The van der Waals surface area contributed by atoms with Crippen molar-refractivity contribution in [2.75, 3.05) is 5.32 Å². The molecule has 198 valence electrons. The molecule has 0 unspecified atom stereocenters. The lowest BCUT2D eigenvalue weighted by Crippen LogP contribution is -2.15. The Bertz CT molecular complexity index is 1700. The van der Waals surface area contributed by atoms with E-state index in [1.807, 2.05) is 45.0 Å². The Morgan fingerprint density at radius 1 is 1.03 bits per heavy atom. The molecular formula is C28H21BrCl2FN5OS. The number of carbonyl (C=O) groups is 1. The molecule has 2 heterocycles. The first-order valence-electron chi connectivity index (χ1n) is 11.8. The van der Waals surface area contributed by atoms with Crippen LogP contribution in [0.15, 0.2) is 71.2 Å². The molecule has 39 heavy (non-hydrogen) atoms. The maximum Gasteiger partial charge on any atom is 0.260 e. The van der Waals surface area contributed by atoms with Crippen LogP contribution in [0.5, 0.6) is 0 Å². The van der Waals surface area contributed by atoms with Crippen molar-refractivity contribution in [1.82, 2.24) is 20.0 Å². The summed E-state index contributed by atoms with van der Waals surface area (Å²) in [6.45, 7) is 6.09. The Kier molecular flexibility index (Phi) is 7.61. The van der Waals surface area contributed by atoms with Gasteiger partial charge in [0.15, 0.2) is 5.01 Å². The second kappa shape index (κ2) is 10.8. The van der Waals surface area contributed by atoms with E-state index in [0.29, 0.717) is 37.7 Å². The molecule has 0 aliphatic rings. The summed E-state index contributed by atoms with van der Waals surface area (Å²) in [7, 11) is 0. The highest BCUT2D eigenvalue weighted by Crippen LogP contribution is 2.39. The maximum absolute atomic E-state index is 14.6. The summed E-state index contributed by atoms with van der Waals surface area (Å²) in [4.78, 5) is 14.0. The Balaban J connectivity index is 1.81. The van der Waals surface area contributed by atoms with Crippen LogP contribution in [0.1, 0.15) is 36.1 Å². The standard InChI is InChI=1S/C28H21BrCl2FN5OS/c1-28(2,3)27-35-34-26(39-27)23-22(25(38)33-20-7-5-4-6-19(20)32)24(15-8-10-16(29)11-9-15)37(36-23)21-13-12-17(30)14-18(21)31/h4-14H,1-3H3,(H,33,38). The van der Waals surface area contributed by atoms with Crippen molar-refractivity contribution in [3.8, 4) is 27.6 Å². The molecule has 0 atom stereocenters. The van der Waals surface area contributed by atoms with Gasteiger partial charge in [0.2, 0.25) is 0 Å². The van der Waals surface area contributed by atoms with E-state index in [9.17, 15) is 9.18 Å². The maximum atomic E-state index is 14.6. The van der Waals surface area contributed by atoms with Crippen molar-refractivity contribution < 1.29 is 9.18 Å². The zero-order chi connectivity index (χ0) is 27.9. The molecule has 5 aromatic rings. The minimum Gasteiger partial charge on any atom is -0.319 e. The number of amides is 1. The number of benzene rings is 3. The van der Waals surface area contributed by atoms with Crippen LogP contribution in [0, 0.1) is 5.82 Å². The molecule has 0 spiro atoms. The van der Waals surface area contributed by atoms with E-state index in [-0.39, 0.29) is 16.7 Å². The molecule has 0 aliphatic heterocycles. The third-order valence-electron chi connectivity index (χ3n) is 5.76. The van der Waals surface area contributed by atoms with Crippen LogP contribution in [0.25, 0.3) is 27.6 Å². The van der Waals surface area contributed by atoms with Crippen molar-refractivity contribution >= 4 is 62.1 Å². The SMILES string of the molecule is CC(C)(C)c1nnc(-c2nn(-c3ccc(Cl)cc3Cl)c(-c3ccc(Br)cc3)c2C(=O)Nc2ccccc2F)s1. The highest BCUT2D eigenvalue weighted by Gasteiger charge is 2.31. The van der Waals surface area contributed by atoms with E-state index < -0.39 is 11.7 Å². The fourth-order valence-corrected chi connectivity index (χ4v) is 5.50. The van der Waals surface area contributed by atoms with Gasteiger partial charge in [0.05, 0.1) is 27.7 Å². The zero-order valence-electron chi connectivity index (χ0n) is 21.0. The first kappa shape index (κ1) is 27.5. The molecule has 11 heteroatoms. The van der Waals surface area contributed by atoms with Gasteiger partial charge in [-0.25, -0.2) is 9.07 Å². The lowest BCUT2D eigenvalue weighted by atomic mass is 9.98. The molecule has 0 aliphatic carbocycles. The molecule has 1 amide bonds. The first-order valence-corrected chi connectivity index (χ1v) is 14.1. The molecule has 0 radical (unpaired) electrons. The van der Waals surface area contributed by atoms with Gasteiger partial charge in [0, 0.05) is 20.5 Å². The summed E-state index contributed by atoms with van der Waals surface area (Å²) in [5.74, 6) is -1.12. The third kappa shape index (κ3) is 5.63. The van der Waals surface area contributed by atoms with Crippen LogP contribution < -0.4 is 5.32 Å². The van der Waals surface area contributed by atoms with E-state index in [1.54, 1.807) is 35.0 Å². The molecule has 2 aromatic heterocycles. The Morgan fingerprint density at radius 2 is 1.74 bits per heavy atom. The highest BCUT2D eigenvalue weighted by molar-refractivity contribution is 9.10. The largest absolute Gasteiger partial charge is 0.319 e. The molecule has 5 rings (SSSR count). The quantitative estimate of drug-likeness (QED) is 0.207. The second-order valence-electron chi connectivity index (χ2n) is 9.68. The number of hydrogen-bond donors (Lipinski definition) is 1. The fourth-order valence-electron chi connectivity index (χ4n) is 3.85. The van der Waals surface area contributed by atoms with Gasteiger partial charge in [0.1, 0.15) is 16.5 Å². The topological polar surface area (TPSA) is 72.7 Å². The van der Waals surface area contributed by atoms with Crippen molar-refractivity contribution in [2.45, 2.75) is 26.2 Å². The van der Waals surface area contributed by atoms with Gasteiger partial charge < -0.3 is 5.32 Å². The van der Waals surface area contributed by atoms with Crippen molar-refractivity contribution in [2.24, 2.45) is 0 Å². The van der Waals surface area contributed by atoms with Crippen LogP contribution in [-0.4, -0.2) is 25.9 Å². The predicted octanol–water partition coefficient (Wildman–Crippen LogP) is 8.82. The van der Waals surface area contributed by atoms with E-state index in [1.165, 1.54) is 23.5 Å². The van der Waals surface area contributed by atoms with Gasteiger partial charge in [-0.1, -0.05) is 95.5 Å².